The fourth-order valence-corrected chi connectivity index (χ4v) is 2.38. The molecule has 2 rings (SSSR count). The third-order valence-corrected chi connectivity index (χ3v) is 3.55. The first kappa shape index (κ1) is 15.7. The van der Waals surface area contributed by atoms with Gasteiger partial charge in [0.15, 0.2) is 0 Å². The molecule has 2 N–H and O–H groups in total. The summed E-state index contributed by atoms with van der Waals surface area (Å²) in [6.45, 7) is 1.81. The number of ether oxygens (including phenoxy) is 1. The van der Waals surface area contributed by atoms with Crippen molar-refractivity contribution in [3.05, 3.63) is 28.5 Å². The van der Waals surface area contributed by atoms with E-state index in [1.54, 1.807) is 6.92 Å². The third-order valence-electron chi connectivity index (χ3n) is 3.05. The van der Waals surface area contributed by atoms with Gasteiger partial charge >= 0.3 is 12.0 Å². The fraction of sp³-hybridized carbons (Fsp3) is 0.385. The van der Waals surface area contributed by atoms with Crippen LogP contribution in [0.3, 0.4) is 0 Å². The zero-order valence-corrected chi connectivity index (χ0v) is 12.8. The van der Waals surface area contributed by atoms with Gasteiger partial charge in [-0.3, -0.25) is 0 Å². The summed E-state index contributed by atoms with van der Waals surface area (Å²) in [5.74, 6) is -1.59. The summed E-state index contributed by atoms with van der Waals surface area (Å²) in [5.41, 5.74) is -0.597. The summed E-state index contributed by atoms with van der Waals surface area (Å²) in [6.07, 6.45) is 0. The molecule has 1 saturated heterocycles. The summed E-state index contributed by atoms with van der Waals surface area (Å²) < 4.78 is 19.4. The fourth-order valence-electron chi connectivity index (χ4n) is 2.02. The van der Waals surface area contributed by atoms with E-state index >= 15 is 0 Å². The van der Waals surface area contributed by atoms with E-state index in [1.807, 2.05) is 0 Å². The molecule has 1 fully saturated rings. The van der Waals surface area contributed by atoms with E-state index < -0.39 is 30.0 Å². The summed E-state index contributed by atoms with van der Waals surface area (Å²) >= 11 is 3.20. The van der Waals surface area contributed by atoms with Crippen LogP contribution in [-0.4, -0.2) is 47.3 Å². The molecule has 1 aliphatic heterocycles. The average molecular weight is 361 g/mol. The van der Waals surface area contributed by atoms with Crippen LogP contribution in [0, 0.1) is 5.82 Å². The summed E-state index contributed by atoms with van der Waals surface area (Å²) in [5, 5.41) is 11.0. The number of hydrogen-bond donors (Lipinski definition) is 2. The van der Waals surface area contributed by atoms with Crippen LogP contribution in [-0.2, 0) is 9.53 Å². The Bertz CT molecular complexity index is 575. The molecule has 0 aromatic heterocycles. The number of amides is 2. The number of aliphatic carboxylic acids is 1. The predicted molar refractivity (Wildman–Crippen MR) is 76.7 cm³/mol. The lowest BCUT2D eigenvalue weighted by molar-refractivity contribution is -0.159. The van der Waals surface area contributed by atoms with E-state index in [0.29, 0.717) is 4.47 Å². The van der Waals surface area contributed by atoms with Gasteiger partial charge in [-0.25, -0.2) is 14.0 Å². The Kier molecular flexibility index (Phi) is 4.48. The van der Waals surface area contributed by atoms with Gasteiger partial charge in [0.25, 0.3) is 0 Å². The molecule has 0 unspecified atom stereocenters. The zero-order chi connectivity index (χ0) is 15.6. The van der Waals surface area contributed by atoms with Gasteiger partial charge in [0.05, 0.1) is 18.8 Å². The van der Waals surface area contributed by atoms with Crippen LogP contribution in [0.1, 0.15) is 6.92 Å². The number of hydrogen-bond acceptors (Lipinski definition) is 3. The standard InChI is InChI=1S/C13H14BrFN2O4/c1-13(21-5-11(18)19)6-17(7-13)12(20)16-10-4-8(14)2-3-9(10)15/h2-4H,5-7H2,1H3,(H,16,20)(H,18,19). The Balaban J connectivity index is 1.89. The lowest BCUT2D eigenvalue weighted by Crippen LogP contribution is -2.64. The van der Waals surface area contributed by atoms with Crippen molar-refractivity contribution in [1.82, 2.24) is 4.90 Å². The second-order valence-corrected chi connectivity index (χ2v) is 5.96. The van der Waals surface area contributed by atoms with Crippen molar-refractivity contribution < 1.29 is 23.8 Å². The number of rotatable bonds is 4. The number of carbonyl (C=O) groups excluding carboxylic acids is 1. The molecule has 114 valence electrons. The Labute approximate surface area is 129 Å². The molecule has 1 aliphatic rings. The van der Waals surface area contributed by atoms with Crippen LogP contribution in [0.15, 0.2) is 22.7 Å². The molecule has 0 radical (unpaired) electrons. The SMILES string of the molecule is CC1(OCC(=O)O)CN(C(=O)Nc2cc(Br)ccc2F)C1. The molecule has 0 spiro atoms. The third kappa shape index (κ3) is 3.92. The first-order valence-electron chi connectivity index (χ1n) is 6.16. The van der Waals surface area contributed by atoms with Crippen molar-refractivity contribution in [2.45, 2.75) is 12.5 Å². The van der Waals surface area contributed by atoms with Crippen LogP contribution in [0.2, 0.25) is 0 Å². The largest absolute Gasteiger partial charge is 0.480 e. The number of anilines is 1. The van der Waals surface area contributed by atoms with Crippen molar-refractivity contribution in [2.75, 3.05) is 25.0 Å². The van der Waals surface area contributed by atoms with Gasteiger partial charge in [-0.05, 0) is 25.1 Å². The summed E-state index contributed by atoms with van der Waals surface area (Å²) in [4.78, 5) is 23.8. The molecule has 1 heterocycles. The summed E-state index contributed by atoms with van der Waals surface area (Å²) in [7, 11) is 0. The highest BCUT2D eigenvalue weighted by Gasteiger charge is 2.42. The molecular formula is C13H14BrFN2O4. The van der Waals surface area contributed by atoms with Crippen LogP contribution in [0.25, 0.3) is 0 Å². The summed E-state index contributed by atoms with van der Waals surface area (Å²) in [6, 6.07) is 3.79. The number of halogens is 2. The minimum atomic E-state index is -1.06. The van der Waals surface area contributed by atoms with Crippen LogP contribution >= 0.6 is 15.9 Å². The van der Waals surface area contributed by atoms with Crippen LogP contribution < -0.4 is 5.32 Å². The highest BCUT2D eigenvalue weighted by Crippen LogP contribution is 2.26. The maximum absolute atomic E-state index is 13.5. The lowest BCUT2D eigenvalue weighted by atomic mass is 9.97. The number of carboxylic acids is 1. The number of nitrogens with one attached hydrogen (secondary N) is 1. The number of urea groups is 1. The number of carbonyl (C=O) groups is 2. The van der Waals surface area contributed by atoms with Crippen molar-refractivity contribution >= 4 is 33.6 Å². The zero-order valence-electron chi connectivity index (χ0n) is 11.2. The second-order valence-electron chi connectivity index (χ2n) is 5.04. The van der Waals surface area contributed by atoms with E-state index in [2.05, 4.69) is 21.2 Å². The van der Waals surface area contributed by atoms with Crippen molar-refractivity contribution in [3.63, 3.8) is 0 Å². The smallest absolute Gasteiger partial charge is 0.329 e. The molecule has 0 atom stereocenters. The number of likely N-dealkylation sites (tertiary alicyclic amines) is 1. The quantitative estimate of drug-likeness (QED) is 0.863. The number of benzene rings is 1. The minimum Gasteiger partial charge on any atom is -0.480 e. The highest BCUT2D eigenvalue weighted by atomic mass is 79.9. The molecule has 21 heavy (non-hydrogen) atoms. The topological polar surface area (TPSA) is 78.9 Å². The average Bonchev–Trinajstić information content (AvgIpc) is 2.37. The predicted octanol–water partition coefficient (Wildman–Crippen LogP) is 2.30. The number of carboxylic acid groups (broad SMARTS) is 1. The van der Waals surface area contributed by atoms with Gasteiger partial charge in [-0.1, -0.05) is 15.9 Å². The molecule has 8 heteroatoms. The molecule has 6 nitrogen and oxygen atoms in total. The van der Waals surface area contributed by atoms with Crippen molar-refractivity contribution in [1.29, 1.82) is 0 Å². The number of nitrogens with zero attached hydrogens (tertiary/aromatic N) is 1. The van der Waals surface area contributed by atoms with Gasteiger partial charge < -0.3 is 20.1 Å². The first-order valence-corrected chi connectivity index (χ1v) is 6.95. The van der Waals surface area contributed by atoms with E-state index in [0.717, 1.165) is 0 Å². The van der Waals surface area contributed by atoms with E-state index in [9.17, 15) is 14.0 Å². The monoisotopic (exact) mass is 360 g/mol. The van der Waals surface area contributed by atoms with E-state index in [4.69, 9.17) is 9.84 Å². The minimum absolute atomic E-state index is 0.0782. The normalized spacial score (nSPS) is 16.2. The maximum Gasteiger partial charge on any atom is 0.329 e. The Morgan fingerprint density at radius 2 is 2.19 bits per heavy atom. The van der Waals surface area contributed by atoms with Gasteiger partial charge in [-0.15, -0.1) is 0 Å². The van der Waals surface area contributed by atoms with Gasteiger partial charge in [0.2, 0.25) is 0 Å². The Morgan fingerprint density at radius 1 is 1.52 bits per heavy atom. The van der Waals surface area contributed by atoms with Crippen LogP contribution in [0.5, 0.6) is 0 Å². The molecule has 1 aromatic carbocycles. The van der Waals surface area contributed by atoms with Gasteiger partial charge in [0.1, 0.15) is 18.0 Å². The molecule has 1 aromatic rings. The van der Waals surface area contributed by atoms with Gasteiger partial charge in [0, 0.05) is 4.47 Å². The van der Waals surface area contributed by atoms with Crippen molar-refractivity contribution in [3.8, 4) is 0 Å². The Morgan fingerprint density at radius 3 is 2.81 bits per heavy atom. The first-order chi connectivity index (χ1) is 9.79. The molecule has 0 bridgehead atoms. The molecule has 0 aliphatic carbocycles. The van der Waals surface area contributed by atoms with Gasteiger partial charge in [-0.2, -0.15) is 0 Å². The van der Waals surface area contributed by atoms with E-state index in [-0.39, 0.29) is 18.8 Å². The maximum atomic E-state index is 13.5. The molecular weight excluding hydrogens is 347 g/mol. The van der Waals surface area contributed by atoms with Crippen LogP contribution in [0.4, 0.5) is 14.9 Å². The van der Waals surface area contributed by atoms with Crippen molar-refractivity contribution in [2.24, 2.45) is 0 Å². The lowest BCUT2D eigenvalue weighted by Gasteiger charge is -2.46. The highest BCUT2D eigenvalue weighted by molar-refractivity contribution is 9.10. The molecule has 0 saturated carbocycles. The second kappa shape index (κ2) is 5.98. The molecule has 2 amide bonds. The Hall–Kier alpha value is -1.67. The van der Waals surface area contributed by atoms with E-state index in [1.165, 1.54) is 23.1 Å².